The first-order valence-corrected chi connectivity index (χ1v) is 6.21. The summed E-state index contributed by atoms with van der Waals surface area (Å²) in [6, 6.07) is 3.18. The standard InChI is InChI=1S/C11H14Cl3NO/c1-2-3-8(15)6-16-11-9(13)4-7(12)5-10(11)14/h4-5,8H,2-3,6,15H2,1H3. The van der Waals surface area contributed by atoms with E-state index in [9.17, 15) is 0 Å². The molecule has 0 aliphatic rings. The first kappa shape index (κ1) is 13.9. The second-order valence-electron chi connectivity index (χ2n) is 3.56. The largest absolute Gasteiger partial charge is 0.489 e. The average Bonchev–Trinajstić information content (AvgIpc) is 2.16. The van der Waals surface area contributed by atoms with Gasteiger partial charge in [0.1, 0.15) is 6.61 Å². The minimum atomic E-state index is -0.00666. The van der Waals surface area contributed by atoms with E-state index in [2.05, 4.69) is 6.92 Å². The third-order valence-electron chi connectivity index (χ3n) is 2.06. The van der Waals surface area contributed by atoms with Gasteiger partial charge in [0.25, 0.3) is 0 Å². The van der Waals surface area contributed by atoms with Crippen LogP contribution in [-0.4, -0.2) is 12.6 Å². The van der Waals surface area contributed by atoms with Crippen molar-refractivity contribution in [3.8, 4) is 5.75 Å². The van der Waals surface area contributed by atoms with Crippen LogP contribution in [0.15, 0.2) is 12.1 Å². The molecular weight excluding hydrogens is 268 g/mol. The van der Waals surface area contributed by atoms with Crippen LogP contribution >= 0.6 is 34.8 Å². The van der Waals surface area contributed by atoms with Crippen molar-refractivity contribution in [2.24, 2.45) is 5.73 Å². The SMILES string of the molecule is CCCC(N)COc1c(Cl)cc(Cl)cc1Cl. The van der Waals surface area contributed by atoms with Gasteiger partial charge in [-0.2, -0.15) is 0 Å². The summed E-state index contributed by atoms with van der Waals surface area (Å²) < 4.78 is 5.49. The number of halogens is 3. The zero-order valence-electron chi connectivity index (χ0n) is 8.97. The Balaban J connectivity index is 2.67. The van der Waals surface area contributed by atoms with E-state index in [4.69, 9.17) is 45.3 Å². The Morgan fingerprint density at radius 2 is 1.81 bits per heavy atom. The molecule has 2 nitrogen and oxygen atoms in total. The lowest BCUT2D eigenvalue weighted by Crippen LogP contribution is -2.27. The molecule has 0 saturated heterocycles. The summed E-state index contributed by atoms with van der Waals surface area (Å²) in [5, 5.41) is 1.29. The van der Waals surface area contributed by atoms with E-state index < -0.39 is 0 Å². The predicted molar refractivity (Wildman–Crippen MR) is 69.9 cm³/mol. The van der Waals surface area contributed by atoms with Gasteiger partial charge in [-0.15, -0.1) is 0 Å². The quantitative estimate of drug-likeness (QED) is 0.880. The van der Waals surface area contributed by atoms with Crippen molar-refractivity contribution >= 4 is 34.8 Å². The van der Waals surface area contributed by atoms with E-state index in [1.165, 1.54) is 0 Å². The molecule has 90 valence electrons. The molecule has 0 heterocycles. The molecule has 1 unspecified atom stereocenters. The molecule has 2 N–H and O–H groups in total. The maximum atomic E-state index is 5.96. The number of hydrogen-bond acceptors (Lipinski definition) is 2. The third-order valence-corrected chi connectivity index (χ3v) is 2.84. The fourth-order valence-corrected chi connectivity index (χ4v) is 2.24. The van der Waals surface area contributed by atoms with Gasteiger partial charge in [-0.3, -0.25) is 0 Å². The third kappa shape index (κ3) is 4.02. The second kappa shape index (κ2) is 6.55. The summed E-state index contributed by atoms with van der Waals surface area (Å²) in [7, 11) is 0. The molecule has 0 bridgehead atoms. The van der Waals surface area contributed by atoms with Gasteiger partial charge in [0.05, 0.1) is 10.0 Å². The van der Waals surface area contributed by atoms with E-state index >= 15 is 0 Å². The van der Waals surface area contributed by atoms with Crippen LogP contribution in [0.2, 0.25) is 15.1 Å². The summed E-state index contributed by atoms with van der Waals surface area (Å²) in [6.07, 6.45) is 1.93. The number of hydrogen-bond donors (Lipinski definition) is 1. The van der Waals surface area contributed by atoms with Crippen LogP contribution in [0.3, 0.4) is 0 Å². The van der Waals surface area contributed by atoms with Gasteiger partial charge in [-0.1, -0.05) is 48.1 Å². The van der Waals surface area contributed by atoms with Crippen molar-refractivity contribution in [3.63, 3.8) is 0 Å². The summed E-state index contributed by atoms with van der Waals surface area (Å²) in [5.41, 5.74) is 5.82. The summed E-state index contributed by atoms with van der Waals surface area (Å²) in [5.74, 6) is 0.444. The van der Waals surface area contributed by atoms with Crippen LogP contribution in [0.4, 0.5) is 0 Å². The van der Waals surface area contributed by atoms with Crippen LogP contribution in [0, 0.1) is 0 Å². The van der Waals surface area contributed by atoms with Crippen LogP contribution in [0.5, 0.6) is 5.75 Å². The highest BCUT2D eigenvalue weighted by Crippen LogP contribution is 2.35. The summed E-state index contributed by atoms with van der Waals surface area (Å²) >= 11 is 17.7. The first-order valence-electron chi connectivity index (χ1n) is 5.07. The van der Waals surface area contributed by atoms with E-state index in [0.29, 0.717) is 27.4 Å². The van der Waals surface area contributed by atoms with Gasteiger partial charge in [-0.25, -0.2) is 0 Å². The van der Waals surface area contributed by atoms with Gasteiger partial charge in [0, 0.05) is 11.1 Å². The van der Waals surface area contributed by atoms with E-state index in [0.717, 1.165) is 12.8 Å². The molecule has 0 fully saturated rings. The Hall–Kier alpha value is -0.150. The fraction of sp³-hybridized carbons (Fsp3) is 0.455. The lowest BCUT2D eigenvalue weighted by Gasteiger charge is -2.14. The van der Waals surface area contributed by atoms with E-state index in [1.807, 2.05) is 0 Å². The fourth-order valence-electron chi connectivity index (χ4n) is 1.31. The van der Waals surface area contributed by atoms with Crippen molar-refractivity contribution < 1.29 is 4.74 Å². The Bertz CT molecular complexity index is 334. The maximum Gasteiger partial charge on any atom is 0.156 e. The Kier molecular flexibility index (Phi) is 5.70. The van der Waals surface area contributed by atoms with Crippen LogP contribution in [-0.2, 0) is 0 Å². The highest BCUT2D eigenvalue weighted by Gasteiger charge is 2.10. The van der Waals surface area contributed by atoms with Gasteiger partial charge >= 0.3 is 0 Å². The van der Waals surface area contributed by atoms with Crippen molar-refractivity contribution in [2.75, 3.05) is 6.61 Å². The molecule has 5 heteroatoms. The molecule has 0 amide bonds. The maximum absolute atomic E-state index is 5.96. The minimum Gasteiger partial charge on any atom is -0.489 e. The Labute approximate surface area is 111 Å². The molecular formula is C11H14Cl3NO. The minimum absolute atomic E-state index is 0.00666. The van der Waals surface area contributed by atoms with E-state index in [-0.39, 0.29) is 6.04 Å². The summed E-state index contributed by atoms with van der Waals surface area (Å²) in [6.45, 7) is 2.47. The molecule has 0 aromatic heterocycles. The normalized spacial score (nSPS) is 12.6. The van der Waals surface area contributed by atoms with Crippen molar-refractivity contribution in [1.82, 2.24) is 0 Å². The molecule has 0 spiro atoms. The molecule has 0 radical (unpaired) electrons. The highest BCUT2D eigenvalue weighted by atomic mass is 35.5. The zero-order valence-corrected chi connectivity index (χ0v) is 11.2. The molecule has 0 saturated carbocycles. The Morgan fingerprint density at radius 1 is 1.25 bits per heavy atom. The van der Waals surface area contributed by atoms with Gasteiger partial charge in [0.15, 0.2) is 5.75 Å². The molecule has 1 aromatic carbocycles. The molecule has 0 aliphatic carbocycles. The van der Waals surface area contributed by atoms with Crippen LogP contribution < -0.4 is 10.5 Å². The smallest absolute Gasteiger partial charge is 0.156 e. The van der Waals surface area contributed by atoms with Gasteiger partial charge < -0.3 is 10.5 Å². The zero-order chi connectivity index (χ0) is 12.1. The number of nitrogens with two attached hydrogens (primary N) is 1. The highest BCUT2D eigenvalue weighted by molar-refractivity contribution is 6.40. The lowest BCUT2D eigenvalue weighted by atomic mass is 10.2. The number of rotatable bonds is 5. The summed E-state index contributed by atoms with van der Waals surface area (Å²) in [4.78, 5) is 0. The molecule has 1 rings (SSSR count). The van der Waals surface area contributed by atoms with Crippen molar-refractivity contribution in [1.29, 1.82) is 0 Å². The van der Waals surface area contributed by atoms with Crippen LogP contribution in [0.25, 0.3) is 0 Å². The van der Waals surface area contributed by atoms with Gasteiger partial charge in [-0.05, 0) is 18.6 Å². The Morgan fingerprint density at radius 3 is 2.31 bits per heavy atom. The van der Waals surface area contributed by atoms with Gasteiger partial charge in [0.2, 0.25) is 0 Å². The molecule has 16 heavy (non-hydrogen) atoms. The topological polar surface area (TPSA) is 35.2 Å². The lowest BCUT2D eigenvalue weighted by molar-refractivity contribution is 0.282. The molecule has 1 aromatic rings. The number of ether oxygens (including phenoxy) is 1. The molecule has 0 aliphatic heterocycles. The van der Waals surface area contributed by atoms with E-state index in [1.54, 1.807) is 12.1 Å². The second-order valence-corrected chi connectivity index (χ2v) is 4.81. The van der Waals surface area contributed by atoms with Crippen LogP contribution in [0.1, 0.15) is 19.8 Å². The monoisotopic (exact) mass is 281 g/mol. The average molecular weight is 283 g/mol. The molecule has 1 atom stereocenters. The first-order chi connectivity index (χ1) is 7.54. The predicted octanol–water partition coefficient (Wildman–Crippen LogP) is 4.15. The number of benzene rings is 1. The van der Waals surface area contributed by atoms with Crippen molar-refractivity contribution in [3.05, 3.63) is 27.2 Å². The van der Waals surface area contributed by atoms with Crippen molar-refractivity contribution in [2.45, 2.75) is 25.8 Å².